The molecule has 1 saturated heterocycles. The Bertz CT molecular complexity index is 1120. The number of amides is 1. The van der Waals surface area contributed by atoms with Crippen molar-refractivity contribution in [3.05, 3.63) is 78.1 Å². The van der Waals surface area contributed by atoms with Crippen LogP contribution in [0.3, 0.4) is 0 Å². The molecule has 0 atom stereocenters. The number of carbonyl (C=O) groups is 1. The van der Waals surface area contributed by atoms with Gasteiger partial charge in [0, 0.05) is 31.4 Å². The Labute approximate surface area is 175 Å². The maximum atomic E-state index is 13.0. The van der Waals surface area contributed by atoms with Gasteiger partial charge in [-0.15, -0.1) is 0 Å². The average molecular weight is 426 g/mol. The third-order valence-corrected chi connectivity index (χ3v) is 6.79. The molecule has 2 aromatic carbocycles. The van der Waals surface area contributed by atoms with Crippen LogP contribution in [0.2, 0.25) is 0 Å². The molecule has 2 heterocycles. The number of nitrogens with zero attached hydrogens (tertiary/aromatic N) is 3. The van der Waals surface area contributed by atoms with Crippen molar-refractivity contribution in [2.45, 2.75) is 11.4 Å². The molecule has 1 aliphatic rings. The van der Waals surface area contributed by atoms with E-state index >= 15 is 0 Å². The van der Waals surface area contributed by atoms with Gasteiger partial charge in [0.05, 0.1) is 35.6 Å². The molecule has 0 unspecified atom stereocenters. The fourth-order valence-corrected chi connectivity index (χ4v) is 4.85. The van der Waals surface area contributed by atoms with E-state index in [-0.39, 0.29) is 30.1 Å². The normalized spacial score (nSPS) is 15.1. The molecule has 4 rings (SSSR count). The highest BCUT2D eigenvalue weighted by molar-refractivity contribution is 7.89. The molecule has 0 saturated carbocycles. The lowest BCUT2D eigenvalue weighted by Gasteiger charge is -2.26. The molecule has 1 fully saturated rings. The number of sulfonamides is 1. The van der Waals surface area contributed by atoms with Crippen LogP contribution in [-0.2, 0) is 21.3 Å². The summed E-state index contributed by atoms with van der Waals surface area (Å²) in [7, 11) is -3.78. The maximum Gasteiger partial charge on any atom is 0.252 e. The van der Waals surface area contributed by atoms with Crippen molar-refractivity contribution in [2.24, 2.45) is 0 Å². The van der Waals surface area contributed by atoms with E-state index in [2.05, 4.69) is 10.4 Å². The van der Waals surface area contributed by atoms with Crippen molar-refractivity contribution in [3.63, 3.8) is 0 Å². The van der Waals surface area contributed by atoms with Gasteiger partial charge in [-0.25, -0.2) is 13.1 Å². The van der Waals surface area contributed by atoms with Gasteiger partial charge in [-0.05, 0) is 24.3 Å². The predicted octanol–water partition coefficient (Wildman–Crippen LogP) is 1.82. The van der Waals surface area contributed by atoms with Crippen molar-refractivity contribution in [3.8, 4) is 5.69 Å². The summed E-state index contributed by atoms with van der Waals surface area (Å²) >= 11 is 0. The van der Waals surface area contributed by atoms with Crippen LogP contribution in [-0.4, -0.2) is 54.7 Å². The van der Waals surface area contributed by atoms with E-state index in [1.807, 2.05) is 36.5 Å². The topological polar surface area (TPSA) is 93.5 Å². The van der Waals surface area contributed by atoms with E-state index in [1.165, 1.54) is 16.4 Å². The van der Waals surface area contributed by atoms with Crippen LogP contribution in [0.4, 0.5) is 0 Å². The van der Waals surface area contributed by atoms with E-state index in [4.69, 9.17) is 4.74 Å². The van der Waals surface area contributed by atoms with Crippen molar-refractivity contribution < 1.29 is 17.9 Å². The molecule has 9 heteroatoms. The van der Waals surface area contributed by atoms with Crippen LogP contribution >= 0.6 is 0 Å². The van der Waals surface area contributed by atoms with Gasteiger partial charge in [0.2, 0.25) is 10.0 Å². The van der Waals surface area contributed by atoms with Crippen molar-refractivity contribution in [2.75, 3.05) is 26.3 Å². The number of para-hydroxylation sites is 1. The lowest BCUT2D eigenvalue weighted by Crippen LogP contribution is -2.41. The number of nitrogens with one attached hydrogen (secondary N) is 1. The number of morpholine rings is 1. The van der Waals surface area contributed by atoms with Crippen molar-refractivity contribution in [1.82, 2.24) is 19.4 Å². The van der Waals surface area contributed by atoms with Gasteiger partial charge in [0.15, 0.2) is 0 Å². The minimum absolute atomic E-state index is 0.00406. The number of hydrogen-bond donors (Lipinski definition) is 1. The molecular formula is C21H22N4O4S. The standard InChI is InChI=1S/C21H22N4O4S/c26-21(22-14-17-15-23-25(16-17)18-6-2-1-3-7-18)19-8-4-5-9-20(19)30(27,28)24-10-12-29-13-11-24/h1-9,15-16H,10-14H2,(H,22,26). The zero-order valence-corrected chi connectivity index (χ0v) is 17.1. The molecule has 0 spiro atoms. The van der Waals surface area contributed by atoms with Crippen LogP contribution in [0, 0.1) is 0 Å². The molecule has 0 radical (unpaired) electrons. The fraction of sp³-hybridized carbons (Fsp3) is 0.238. The first-order valence-electron chi connectivity index (χ1n) is 9.60. The second kappa shape index (κ2) is 8.78. The average Bonchev–Trinajstić information content (AvgIpc) is 3.28. The number of benzene rings is 2. The first kappa shape index (κ1) is 20.3. The Morgan fingerprint density at radius 2 is 1.73 bits per heavy atom. The minimum atomic E-state index is -3.78. The van der Waals surface area contributed by atoms with E-state index < -0.39 is 15.9 Å². The van der Waals surface area contributed by atoms with Gasteiger partial charge in [0.1, 0.15) is 0 Å². The lowest BCUT2D eigenvalue weighted by atomic mass is 10.2. The largest absolute Gasteiger partial charge is 0.379 e. The van der Waals surface area contributed by atoms with Crippen LogP contribution in [0.5, 0.6) is 0 Å². The van der Waals surface area contributed by atoms with E-state index in [0.717, 1.165) is 11.3 Å². The van der Waals surface area contributed by atoms with E-state index in [0.29, 0.717) is 13.2 Å². The van der Waals surface area contributed by atoms with Gasteiger partial charge < -0.3 is 10.1 Å². The quantitative estimate of drug-likeness (QED) is 0.649. The highest BCUT2D eigenvalue weighted by Gasteiger charge is 2.30. The van der Waals surface area contributed by atoms with Crippen LogP contribution in [0.15, 0.2) is 71.9 Å². The second-order valence-corrected chi connectivity index (χ2v) is 8.73. The number of ether oxygens (including phenoxy) is 1. The predicted molar refractivity (Wildman–Crippen MR) is 111 cm³/mol. The molecule has 1 aliphatic heterocycles. The molecule has 0 bridgehead atoms. The van der Waals surface area contributed by atoms with Gasteiger partial charge >= 0.3 is 0 Å². The zero-order valence-electron chi connectivity index (χ0n) is 16.3. The van der Waals surface area contributed by atoms with Gasteiger partial charge in [0.25, 0.3) is 5.91 Å². The smallest absolute Gasteiger partial charge is 0.252 e. The van der Waals surface area contributed by atoms with Crippen LogP contribution in [0.25, 0.3) is 5.69 Å². The highest BCUT2D eigenvalue weighted by Crippen LogP contribution is 2.21. The van der Waals surface area contributed by atoms with Crippen molar-refractivity contribution in [1.29, 1.82) is 0 Å². The number of carbonyl (C=O) groups excluding carboxylic acids is 1. The molecule has 0 aliphatic carbocycles. The van der Waals surface area contributed by atoms with Gasteiger partial charge in [-0.3, -0.25) is 4.79 Å². The first-order chi connectivity index (χ1) is 14.6. The van der Waals surface area contributed by atoms with Crippen LogP contribution in [0.1, 0.15) is 15.9 Å². The Kier molecular flexibility index (Phi) is 5.93. The summed E-state index contributed by atoms with van der Waals surface area (Å²) in [6, 6.07) is 15.9. The molecule has 156 valence electrons. The summed E-state index contributed by atoms with van der Waals surface area (Å²) in [4.78, 5) is 12.8. The summed E-state index contributed by atoms with van der Waals surface area (Å²) in [6.45, 7) is 1.48. The highest BCUT2D eigenvalue weighted by atomic mass is 32.2. The first-order valence-corrected chi connectivity index (χ1v) is 11.0. The number of rotatable bonds is 6. The molecular weight excluding hydrogens is 404 g/mol. The Morgan fingerprint density at radius 3 is 2.50 bits per heavy atom. The van der Waals surface area contributed by atoms with Gasteiger partial charge in [-0.1, -0.05) is 30.3 Å². The monoisotopic (exact) mass is 426 g/mol. The molecule has 1 N–H and O–H groups in total. The molecule has 3 aromatic rings. The molecule has 1 aromatic heterocycles. The van der Waals surface area contributed by atoms with Crippen molar-refractivity contribution >= 4 is 15.9 Å². The Morgan fingerprint density at radius 1 is 1.03 bits per heavy atom. The summed E-state index contributed by atoms with van der Waals surface area (Å²) in [6.07, 6.45) is 3.50. The van der Waals surface area contributed by atoms with E-state index in [1.54, 1.807) is 23.0 Å². The molecule has 1 amide bonds. The third kappa shape index (κ3) is 4.28. The number of aromatic nitrogens is 2. The Balaban J connectivity index is 1.49. The molecule has 30 heavy (non-hydrogen) atoms. The summed E-state index contributed by atoms with van der Waals surface area (Å²) in [5.41, 5.74) is 1.84. The van der Waals surface area contributed by atoms with E-state index in [9.17, 15) is 13.2 Å². The lowest BCUT2D eigenvalue weighted by molar-refractivity contribution is 0.0730. The minimum Gasteiger partial charge on any atom is -0.379 e. The summed E-state index contributed by atoms with van der Waals surface area (Å²) < 4.78 is 34.4. The Hall–Kier alpha value is -3.01. The SMILES string of the molecule is O=C(NCc1cnn(-c2ccccc2)c1)c1ccccc1S(=O)(=O)N1CCOCC1. The number of hydrogen-bond acceptors (Lipinski definition) is 5. The van der Waals surface area contributed by atoms with Crippen LogP contribution < -0.4 is 5.32 Å². The second-order valence-electron chi connectivity index (χ2n) is 6.82. The fourth-order valence-electron chi connectivity index (χ4n) is 3.26. The summed E-state index contributed by atoms with van der Waals surface area (Å²) in [5.74, 6) is -0.449. The zero-order chi connectivity index (χ0) is 21.0. The van der Waals surface area contributed by atoms with Gasteiger partial charge in [-0.2, -0.15) is 9.40 Å². The maximum absolute atomic E-state index is 13.0. The molecule has 8 nitrogen and oxygen atoms in total. The summed E-state index contributed by atoms with van der Waals surface area (Å²) in [5, 5.41) is 7.10. The third-order valence-electron chi connectivity index (χ3n) is 4.83.